The SMILES string of the molecule is COc1ccc2c(c1)C(=O)C(C(=O)NCC(=O)O)C(=O)C21CCOCC1. The zero-order valence-corrected chi connectivity index (χ0v) is 14.2. The number of carbonyl (C=O) groups excluding carboxylic acids is 3. The number of methoxy groups -OCH3 is 1. The molecule has 1 aliphatic heterocycles. The lowest BCUT2D eigenvalue weighted by Crippen LogP contribution is -2.55. The maximum atomic E-state index is 13.2. The topological polar surface area (TPSA) is 119 Å². The van der Waals surface area contributed by atoms with E-state index >= 15 is 0 Å². The van der Waals surface area contributed by atoms with E-state index in [1.807, 2.05) is 0 Å². The number of carbonyl (C=O) groups is 4. The lowest BCUT2D eigenvalue weighted by molar-refractivity contribution is -0.142. The van der Waals surface area contributed by atoms with Gasteiger partial charge in [-0.05, 0) is 30.5 Å². The molecule has 3 rings (SSSR count). The Kier molecular flexibility index (Phi) is 4.78. The Bertz CT molecular complexity index is 780. The number of ketones is 2. The van der Waals surface area contributed by atoms with E-state index in [1.54, 1.807) is 12.1 Å². The van der Waals surface area contributed by atoms with Crippen LogP contribution in [0.1, 0.15) is 28.8 Å². The third-order valence-electron chi connectivity index (χ3n) is 5.03. The van der Waals surface area contributed by atoms with E-state index in [2.05, 4.69) is 5.32 Å². The first kappa shape index (κ1) is 18.1. The van der Waals surface area contributed by atoms with Crippen LogP contribution in [0.4, 0.5) is 0 Å². The number of rotatable bonds is 4. The van der Waals surface area contributed by atoms with Gasteiger partial charge in [0.25, 0.3) is 0 Å². The van der Waals surface area contributed by atoms with Crippen LogP contribution >= 0.6 is 0 Å². The molecule has 2 N–H and O–H groups in total. The normalized spacial score (nSPS) is 21.2. The minimum atomic E-state index is -1.56. The maximum Gasteiger partial charge on any atom is 0.322 e. The molecule has 8 heteroatoms. The highest BCUT2D eigenvalue weighted by molar-refractivity contribution is 6.29. The summed E-state index contributed by atoms with van der Waals surface area (Å²) in [6.07, 6.45) is 0.725. The molecule has 2 aliphatic rings. The van der Waals surface area contributed by atoms with Crippen molar-refractivity contribution in [2.24, 2.45) is 5.92 Å². The fraction of sp³-hybridized carbons (Fsp3) is 0.444. The average molecular weight is 361 g/mol. The van der Waals surface area contributed by atoms with Gasteiger partial charge in [0.1, 0.15) is 12.3 Å². The van der Waals surface area contributed by atoms with Crippen LogP contribution in [0.5, 0.6) is 5.75 Å². The van der Waals surface area contributed by atoms with Gasteiger partial charge in [-0.3, -0.25) is 19.2 Å². The lowest BCUT2D eigenvalue weighted by atomic mass is 9.61. The number of carboxylic acids is 1. The summed E-state index contributed by atoms with van der Waals surface area (Å²) in [5.41, 5.74) is -0.140. The van der Waals surface area contributed by atoms with Crippen molar-refractivity contribution in [3.05, 3.63) is 29.3 Å². The molecule has 1 unspecified atom stereocenters. The Balaban J connectivity index is 2.08. The summed E-state index contributed by atoms with van der Waals surface area (Å²) in [7, 11) is 1.46. The van der Waals surface area contributed by atoms with Crippen LogP contribution in [0.2, 0.25) is 0 Å². The molecule has 138 valence electrons. The Morgan fingerprint density at radius 2 is 2.00 bits per heavy atom. The number of hydrogen-bond donors (Lipinski definition) is 2. The molecule has 1 saturated heterocycles. The van der Waals surface area contributed by atoms with E-state index in [9.17, 15) is 19.2 Å². The number of hydrogen-bond acceptors (Lipinski definition) is 6. The second-order valence-corrected chi connectivity index (χ2v) is 6.38. The number of fused-ring (bicyclic) bond motifs is 2. The van der Waals surface area contributed by atoms with Crippen molar-refractivity contribution in [1.82, 2.24) is 5.32 Å². The molecule has 1 atom stereocenters. The van der Waals surface area contributed by atoms with Crippen molar-refractivity contribution in [2.45, 2.75) is 18.3 Å². The molecule has 26 heavy (non-hydrogen) atoms. The van der Waals surface area contributed by atoms with Crippen LogP contribution in [0.3, 0.4) is 0 Å². The zero-order chi connectivity index (χ0) is 18.9. The van der Waals surface area contributed by atoms with Gasteiger partial charge in [0.15, 0.2) is 17.5 Å². The predicted octanol–water partition coefficient (Wildman–Crippen LogP) is 0.326. The zero-order valence-electron chi connectivity index (χ0n) is 14.2. The van der Waals surface area contributed by atoms with E-state index < -0.39 is 41.3 Å². The third-order valence-corrected chi connectivity index (χ3v) is 5.03. The highest BCUT2D eigenvalue weighted by atomic mass is 16.5. The number of amides is 1. The van der Waals surface area contributed by atoms with Crippen LogP contribution < -0.4 is 10.1 Å². The quantitative estimate of drug-likeness (QED) is 0.742. The van der Waals surface area contributed by atoms with Crippen LogP contribution in [-0.2, 0) is 24.5 Å². The molecular formula is C18H19NO7. The first-order chi connectivity index (χ1) is 12.4. The van der Waals surface area contributed by atoms with Gasteiger partial charge in [-0.1, -0.05) is 6.07 Å². The van der Waals surface area contributed by atoms with E-state index in [1.165, 1.54) is 13.2 Å². The van der Waals surface area contributed by atoms with Crippen LogP contribution in [0.15, 0.2) is 18.2 Å². The van der Waals surface area contributed by atoms with Gasteiger partial charge in [0.2, 0.25) is 5.91 Å². The Morgan fingerprint density at radius 1 is 1.31 bits per heavy atom. The minimum absolute atomic E-state index is 0.265. The Morgan fingerprint density at radius 3 is 2.62 bits per heavy atom. The fourth-order valence-electron chi connectivity index (χ4n) is 3.69. The van der Waals surface area contributed by atoms with Crippen LogP contribution in [0.25, 0.3) is 0 Å². The van der Waals surface area contributed by atoms with E-state index in [0.717, 1.165) is 0 Å². The monoisotopic (exact) mass is 361 g/mol. The molecule has 1 amide bonds. The molecule has 1 aromatic rings. The Hall–Kier alpha value is -2.74. The van der Waals surface area contributed by atoms with Gasteiger partial charge < -0.3 is 19.9 Å². The van der Waals surface area contributed by atoms with Crippen molar-refractivity contribution >= 4 is 23.4 Å². The first-order valence-electron chi connectivity index (χ1n) is 8.25. The standard InChI is InChI=1S/C18H19NO7/c1-25-10-2-3-12-11(8-10)15(22)14(17(24)19-9-13(20)21)16(23)18(12)4-6-26-7-5-18/h2-3,8,14H,4-7,9H2,1H3,(H,19,24)(H,20,21). The van der Waals surface area contributed by atoms with Gasteiger partial charge in [0, 0.05) is 18.8 Å². The molecule has 0 saturated carbocycles. The molecule has 1 heterocycles. The van der Waals surface area contributed by atoms with Crippen molar-refractivity contribution in [2.75, 3.05) is 26.9 Å². The van der Waals surface area contributed by atoms with Crippen molar-refractivity contribution in [3.63, 3.8) is 0 Å². The average Bonchev–Trinajstić information content (AvgIpc) is 2.65. The highest BCUT2D eigenvalue weighted by Crippen LogP contribution is 2.45. The third kappa shape index (κ3) is 2.86. The molecule has 0 radical (unpaired) electrons. The maximum absolute atomic E-state index is 13.2. The molecule has 1 aliphatic carbocycles. The summed E-state index contributed by atoms with van der Waals surface area (Å²) >= 11 is 0. The summed E-state index contributed by atoms with van der Waals surface area (Å²) in [6.45, 7) is 0.0285. The molecule has 1 spiro atoms. The highest BCUT2D eigenvalue weighted by Gasteiger charge is 2.54. The number of aliphatic carboxylic acids is 1. The summed E-state index contributed by atoms with van der Waals surface area (Å²) in [4.78, 5) is 49.2. The number of carboxylic acid groups (broad SMARTS) is 1. The molecule has 0 bridgehead atoms. The van der Waals surface area contributed by atoms with Crippen LogP contribution in [-0.4, -0.2) is 55.4 Å². The first-order valence-corrected chi connectivity index (χ1v) is 8.25. The number of benzene rings is 1. The van der Waals surface area contributed by atoms with E-state index in [4.69, 9.17) is 14.6 Å². The molecule has 0 aromatic heterocycles. The number of nitrogens with one attached hydrogen (secondary N) is 1. The van der Waals surface area contributed by atoms with Gasteiger partial charge in [0.05, 0.1) is 12.5 Å². The molecular weight excluding hydrogens is 342 g/mol. The second-order valence-electron chi connectivity index (χ2n) is 6.38. The van der Waals surface area contributed by atoms with E-state index in [0.29, 0.717) is 37.4 Å². The van der Waals surface area contributed by atoms with Crippen molar-refractivity contribution in [3.8, 4) is 5.75 Å². The van der Waals surface area contributed by atoms with Gasteiger partial charge in [-0.25, -0.2) is 0 Å². The van der Waals surface area contributed by atoms with Gasteiger partial charge in [-0.15, -0.1) is 0 Å². The number of Topliss-reactive ketones (excluding diaryl/α,β-unsaturated/α-hetero) is 2. The predicted molar refractivity (Wildman–Crippen MR) is 88.2 cm³/mol. The van der Waals surface area contributed by atoms with Crippen molar-refractivity contribution in [1.29, 1.82) is 0 Å². The minimum Gasteiger partial charge on any atom is -0.497 e. The summed E-state index contributed by atoms with van der Waals surface area (Å²) < 4.78 is 10.5. The summed E-state index contributed by atoms with van der Waals surface area (Å²) in [5, 5.41) is 10.9. The molecule has 1 fully saturated rings. The van der Waals surface area contributed by atoms with E-state index in [-0.39, 0.29) is 5.56 Å². The largest absolute Gasteiger partial charge is 0.497 e. The van der Waals surface area contributed by atoms with Crippen molar-refractivity contribution < 1.29 is 33.8 Å². The van der Waals surface area contributed by atoms with Gasteiger partial charge >= 0.3 is 5.97 Å². The number of ether oxygens (including phenoxy) is 2. The van der Waals surface area contributed by atoms with Crippen LogP contribution in [0, 0.1) is 5.92 Å². The fourth-order valence-corrected chi connectivity index (χ4v) is 3.69. The summed E-state index contributed by atoms with van der Waals surface area (Å²) in [6, 6.07) is 4.90. The second kappa shape index (κ2) is 6.87. The lowest BCUT2D eigenvalue weighted by Gasteiger charge is -2.42. The summed E-state index contributed by atoms with van der Waals surface area (Å²) in [5.74, 6) is -4.39. The van der Waals surface area contributed by atoms with Gasteiger partial charge in [-0.2, -0.15) is 0 Å². The Labute approximate surface area is 149 Å². The smallest absolute Gasteiger partial charge is 0.322 e. The molecule has 1 aromatic carbocycles. The molecule has 8 nitrogen and oxygen atoms in total.